The molecule has 96 valence electrons. The van der Waals surface area contributed by atoms with Gasteiger partial charge in [0.15, 0.2) is 5.54 Å². The van der Waals surface area contributed by atoms with Crippen molar-refractivity contribution >= 4 is 23.5 Å². The van der Waals surface area contributed by atoms with Crippen LogP contribution >= 0.6 is 11.6 Å². The predicted octanol–water partition coefficient (Wildman–Crippen LogP) is 1.02. The zero-order valence-electron chi connectivity index (χ0n) is 10.2. The lowest BCUT2D eigenvalue weighted by molar-refractivity contribution is -0.127. The largest absolute Gasteiger partial charge is 0.367 e. The van der Waals surface area contributed by atoms with Gasteiger partial charge in [0.05, 0.1) is 6.54 Å². The van der Waals surface area contributed by atoms with E-state index in [2.05, 4.69) is 0 Å². The highest BCUT2D eigenvalue weighted by molar-refractivity contribution is 6.30. The van der Waals surface area contributed by atoms with Crippen LogP contribution in [-0.4, -0.2) is 42.4 Å². The fraction of sp³-hybridized carbons (Fsp3) is 0.333. The summed E-state index contributed by atoms with van der Waals surface area (Å²) in [5.41, 5.74) is 5.06. The number of nitrogens with two attached hydrogens (primary N) is 1. The van der Waals surface area contributed by atoms with E-state index in [0.717, 1.165) is 0 Å². The number of halogens is 1. The second kappa shape index (κ2) is 4.17. The van der Waals surface area contributed by atoms with Gasteiger partial charge >= 0.3 is 6.03 Å². The quantitative estimate of drug-likeness (QED) is 0.869. The molecule has 0 saturated carbocycles. The number of nitrogens with zero attached hydrogens (tertiary/aromatic N) is 2. The molecule has 0 spiro atoms. The summed E-state index contributed by atoms with van der Waals surface area (Å²) in [6, 6.07) is 6.56. The van der Waals surface area contributed by atoms with Gasteiger partial charge in [0.2, 0.25) is 5.91 Å². The van der Waals surface area contributed by atoms with E-state index in [9.17, 15) is 9.59 Å². The SMILES string of the molecule is CN1CC(C(N)=O)(c2ccc(Cl)cc2)N(C)C1=O. The van der Waals surface area contributed by atoms with E-state index in [1.165, 1.54) is 9.80 Å². The van der Waals surface area contributed by atoms with Crippen LogP contribution in [0.4, 0.5) is 4.79 Å². The number of benzene rings is 1. The zero-order valence-corrected chi connectivity index (χ0v) is 10.9. The molecular formula is C12H14ClN3O2. The first-order valence-electron chi connectivity index (χ1n) is 5.44. The van der Waals surface area contributed by atoms with Crippen LogP contribution < -0.4 is 5.73 Å². The summed E-state index contributed by atoms with van der Waals surface area (Å²) in [6.07, 6.45) is 0. The summed E-state index contributed by atoms with van der Waals surface area (Å²) < 4.78 is 0. The maximum absolute atomic E-state index is 11.9. The van der Waals surface area contributed by atoms with Gasteiger partial charge in [-0.05, 0) is 17.7 Å². The number of carbonyl (C=O) groups excluding carboxylic acids is 2. The molecule has 0 bridgehead atoms. The summed E-state index contributed by atoms with van der Waals surface area (Å²) in [5, 5.41) is 0.568. The average molecular weight is 268 g/mol. The van der Waals surface area contributed by atoms with Gasteiger partial charge in [-0.2, -0.15) is 0 Å². The second-order valence-corrected chi connectivity index (χ2v) is 4.87. The topological polar surface area (TPSA) is 66.6 Å². The third-order valence-electron chi connectivity index (χ3n) is 3.38. The number of likely N-dealkylation sites (N-methyl/N-ethyl adjacent to an activating group) is 2. The molecule has 0 aromatic heterocycles. The maximum atomic E-state index is 11.9. The van der Waals surface area contributed by atoms with Gasteiger partial charge in [-0.25, -0.2) is 4.79 Å². The van der Waals surface area contributed by atoms with Crippen LogP contribution in [-0.2, 0) is 10.3 Å². The highest BCUT2D eigenvalue weighted by Gasteiger charge is 2.52. The van der Waals surface area contributed by atoms with Crippen molar-refractivity contribution in [3.8, 4) is 0 Å². The molecule has 0 aliphatic carbocycles. The smallest absolute Gasteiger partial charge is 0.320 e. The van der Waals surface area contributed by atoms with Crippen LogP contribution in [0.5, 0.6) is 0 Å². The minimum absolute atomic E-state index is 0.233. The molecule has 2 N–H and O–H groups in total. The van der Waals surface area contributed by atoms with Gasteiger partial charge in [-0.3, -0.25) is 4.79 Å². The van der Waals surface area contributed by atoms with Crippen LogP contribution in [0.2, 0.25) is 5.02 Å². The lowest BCUT2D eigenvalue weighted by Gasteiger charge is -2.31. The second-order valence-electron chi connectivity index (χ2n) is 4.43. The Kier molecular flexibility index (Phi) is 2.94. The van der Waals surface area contributed by atoms with Crippen molar-refractivity contribution in [1.82, 2.24) is 9.80 Å². The van der Waals surface area contributed by atoms with Gasteiger partial charge in [0, 0.05) is 19.1 Å². The van der Waals surface area contributed by atoms with Gasteiger partial charge < -0.3 is 15.5 Å². The highest BCUT2D eigenvalue weighted by atomic mass is 35.5. The lowest BCUT2D eigenvalue weighted by atomic mass is 9.88. The molecule has 1 fully saturated rings. The minimum Gasteiger partial charge on any atom is -0.367 e. The number of primary amides is 1. The molecule has 2 rings (SSSR count). The molecule has 1 aromatic rings. The Bertz CT molecular complexity index is 503. The van der Waals surface area contributed by atoms with Crippen molar-refractivity contribution < 1.29 is 9.59 Å². The summed E-state index contributed by atoms with van der Waals surface area (Å²) >= 11 is 5.83. The Hall–Kier alpha value is -1.75. The van der Waals surface area contributed by atoms with E-state index in [4.69, 9.17) is 17.3 Å². The van der Waals surface area contributed by atoms with E-state index in [-0.39, 0.29) is 12.6 Å². The Labute approximate surface area is 110 Å². The molecule has 1 heterocycles. The number of urea groups is 1. The van der Waals surface area contributed by atoms with Gasteiger partial charge in [0.25, 0.3) is 0 Å². The molecule has 1 aromatic carbocycles. The third kappa shape index (κ3) is 1.62. The van der Waals surface area contributed by atoms with Gasteiger partial charge in [-0.15, -0.1) is 0 Å². The summed E-state index contributed by atoms with van der Waals surface area (Å²) in [5.74, 6) is -0.551. The molecule has 1 aliphatic heterocycles. The average Bonchev–Trinajstić information content (AvgIpc) is 2.56. The van der Waals surface area contributed by atoms with Crippen LogP contribution in [0.3, 0.4) is 0 Å². The third-order valence-corrected chi connectivity index (χ3v) is 3.63. The summed E-state index contributed by atoms with van der Waals surface area (Å²) in [6.45, 7) is 0.235. The maximum Gasteiger partial charge on any atom is 0.320 e. The Morgan fingerprint density at radius 2 is 1.89 bits per heavy atom. The number of amides is 3. The van der Waals surface area contributed by atoms with Crippen molar-refractivity contribution in [2.45, 2.75) is 5.54 Å². The van der Waals surface area contributed by atoms with Gasteiger partial charge in [0.1, 0.15) is 0 Å². The van der Waals surface area contributed by atoms with E-state index in [0.29, 0.717) is 10.6 Å². The normalized spacial score (nSPS) is 23.6. The number of hydrogen-bond acceptors (Lipinski definition) is 2. The fourth-order valence-corrected chi connectivity index (χ4v) is 2.46. The molecule has 1 aliphatic rings. The molecular weight excluding hydrogens is 254 g/mol. The van der Waals surface area contributed by atoms with Crippen molar-refractivity contribution in [3.63, 3.8) is 0 Å². The molecule has 6 heteroatoms. The van der Waals surface area contributed by atoms with Crippen LogP contribution in [0.25, 0.3) is 0 Å². The number of carbonyl (C=O) groups is 2. The van der Waals surface area contributed by atoms with Crippen LogP contribution in [0.1, 0.15) is 5.56 Å². The highest BCUT2D eigenvalue weighted by Crippen LogP contribution is 2.34. The Morgan fingerprint density at radius 3 is 2.28 bits per heavy atom. The number of rotatable bonds is 2. The van der Waals surface area contributed by atoms with Gasteiger partial charge in [-0.1, -0.05) is 23.7 Å². The van der Waals surface area contributed by atoms with Crippen molar-refractivity contribution in [3.05, 3.63) is 34.9 Å². The molecule has 3 amide bonds. The molecule has 5 nitrogen and oxygen atoms in total. The first kappa shape index (κ1) is 12.7. The predicted molar refractivity (Wildman–Crippen MR) is 68.1 cm³/mol. The standard InChI is InChI=1S/C12H14ClN3O2/c1-15-7-12(10(14)17,16(2)11(15)18)8-3-5-9(13)6-4-8/h3-6H,7H2,1-2H3,(H2,14,17). The monoisotopic (exact) mass is 267 g/mol. The fourth-order valence-electron chi connectivity index (χ4n) is 2.33. The van der Waals surface area contributed by atoms with Crippen LogP contribution in [0, 0.1) is 0 Å². The number of hydrogen-bond donors (Lipinski definition) is 1. The molecule has 1 unspecified atom stereocenters. The molecule has 0 radical (unpaired) electrons. The molecule has 1 saturated heterocycles. The van der Waals surface area contributed by atoms with E-state index in [1.807, 2.05) is 0 Å². The Morgan fingerprint density at radius 1 is 1.33 bits per heavy atom. The lowest BCUT2D eigenvalue weighted by Crippen LogP contribution is -2.52. The first-order chi connectivity index (χ1) is 8.39. The first-order valence-corrected chi connectivity index (χ1v) is 5.82. The van der Waals surface area contributed by atoms with E-state index in [1.54, 1.807) is 38.4 Å². The molecule has 18 heavy (non-hydrogen) atoms. The summed E-state index contributed by atoms with van der Waals surface area (Å²) in [7, 11) is 3.21. The van der Waals surface area contributed by atoms with Crippen molar-refractivity contribution in [2.75, 3.05) is 20.6 Å². The van der Waals surface area contributed by atoms with Crippen molar-refractivity contribution in [2.24, 2.45) is 5.73 Å². The molecule has 1 atom stereocenters. The zero-order chi connectivity index (χ0) is 13.5. The van der Waals surface area contributed by atoms with Crippen molar-refractivity contribution in [1.29, 1.82) is 0 Å². The van der Waals surface area contributed by atoms with Crippen LogP contribution in [0.15, 0.2) is 24.3 Å². The minimum atomic E-state index is -1.13. The summed E-state index contributed by atoms with van der Waals surface area (Å²) in [4.78, 5) is 26.6. The Balaban J connectivity index is 2.56. The van der Waals surface area contributed by atoms with E-state index < -0.39 is 11.4 Å². The van der Waals surface area contributed by atoms with E-state index >= 15 is 0 Å².